The molecule has 0 bridgehead atoms. The maximum atomic E-state index is 9.37. The number of fused-ring (bicyclic) bond motifs is 1. The number of H-pyrrole nitrogens is 1. The quantitative estimate of drug-likeness (QED) is 0.711. The van der Waals surface area contributed by atoms with Gasteiger partial charge in [0.1, 0.15) is 11.6 Å². The highest BCUT2D eigenvalue weighted by molar-refractivity contribution is 5.82. The molecule has 22 heavy (non-hydrogen) atoms. The van der Waals surface area contributed by atoms with Crippen molar-refractivity contribution in [3.05, 3.63) is 65.6 Å². The molecule has 1 aromatic heterocycles. The lowest BCUT2D eigenvalue weighted by Crippen LogP contribution is -1.93. The number of nitrogens with one attached hydrogen (secondary N) is 2. The van der Waals surface area contributed by atoms with E-state index in [0.717, 1.165) is 16.7 Å². The number of aromatic nitrogens is 2. The van der Waals surface area contributed by atoms with Gasteiger partial charge in [0.15, 0.2) is 5.82 Å². The number of nitrogens with zero attached hydrogens (tertiary/aromatic N) is 2. The fraction of sp³-hybridized carbons (Fsp3) is 0.111. The normalized spacial score (nSPS) is 11.4. The third-order valence-electron chi connectivity index (χ3n) is 3.37. The van der Waals surface area contributed by atoms with Crippen molar-refractivity contribution in [3.63, 3.8) is 0 Å². The minimum absolute atomic E-state index is 0.468. The lowest BCUT2D eigenvalue weighted by Gasteiger charge is -2.04. The molecule has 0 amide bonds. The third-order valence-corrected chi connectivity index (χ3v) is 3.37. The summed E-state index contributed by atoms with van der Waals surface area (Å²) in [6, 6.07) is 16.1. The number of aryl methyl sites for hydroxylation is 2. The first-order valence-electron chi connectivity index (χ1n) is 7.06. The van der Waals surface area contributed by atoms with Crippen molar-refractivity contribution in [1.82, 2.24) is 9.97 Å². The largest absolute Gasteiger partial charge is 0.360 e. The Morgan fingerprint density at radius 1 is 1.18 bits per heavy atom. The maximum absolute atomic E-state index is 9.37. The van der Waals surface area contributed by atoms with Gasteiger partial charge in [0.25, 0.3) is 0 Å². The molecule has 0 unspecified atom stereocenters. The molecule has 0 aliphatic carbocycles. The smallest absolute Gasteiger partial charge is 0.150 e. The van der Waals surface area contributed by atoms with Gasteiger partial charge in [-0.2, -0.15) is 5.26 Å². The highest BCUT2D eigenvalue weighted by Crippen LogP contribution is 2.18. The van der Waals surface area contributed by atoms with Crippen LogP contribution in [-0.2, 0) is 0 Å². The zero-order chi connectivity index (χ0) is 15.5. The first kappa shape index (κ1) is 13.9. The van der Waals surface area contributed by atoms with Crippen LogP contribution in [0.5, 0.6) is 0 Å². The van der Waals surface area contributed by atoms with E-state index in [9.17, 15) is 5.26 Å². The van der Waals surface area contributed by atoms with Crippen molar-refractivity contribution < 1.29 is 0 Å². The topological polar surface area (TPSA) is 64.5 Å². The summed E-state index contributed by atoms with van der Waals surface area (Å²) in [4.78, 5) is 7.61. The van der Waals surface area contributed by atoms with Gasteiger partial charge in [-0.15, -0.1) is 0 Å². The second kappa shape index (κ2) is 5.74. The van der Waals surface area contributed by atoms with Gasteiger partial charge >= 0.3 is 0 Å². The molecule has 0 spiro atoms. The number of benzene rings is 2. The van der Waals surface area contributed by atoms with E-state index in [1.807, 2.05) is 50.2 Å². The van der Waals surface area contributed by atoms with E-state index >= 15 is 0 Å². The maximum Gasteiger partial charge on any atom is 0.150 e. The Bertz CT molecular complexity index is 844. The van der Waals surface area contributed by atoms with Gasteiger partial charge < -0.3 is 10.3 Å². The van der Waals surface area contributed by atoms with Crippen LogP contribution in [0, 0.1) is 25.2 Å². The Hall–Kier alpha value is -3.06. The molecule has 3 aromatic rings. The molecule has 0 fully saturated rings. The van der Waals surface area contributed by atoms with Crippen molar-refractivity contribution in [2.24, 2.45) is 0 Å². The minimum Gasteiger partial charge on any atom is -0.360 e. The van der Waals surface area contributed by atoms with Crippen molar-refractivity contribution >= 4 is 22.3 Å². The molecule has 0 saturated carbocycles. The van der Waals surface area contributed by atoms with Crippen LogP contribution in [-0.4, -0.2) is 9.97 Å². The summed E-state index contributed by atoms with van der Waals surface area (Å²) >= 11 is 0. The van der Waals surface area contributed by atoms with Crippen molar-refractivity contribution in [2.45, 2.75) is 13.8 Å². The Morgan fingerprint density at radius 2 is 1.91 bits per heavy atom. The van der Waals surface area contributed by atoms with Crippen LogP contribution in [0.15, 0.2) is 48.7 Å². The van der Waals surface area contributed by atoms with Gasteiger partial charge in [0.2, 0.25) is 0 Å². The molecule has 0 atom stereocenters. The highest BCUT2D eigenvalue weighted by Gasteiger charge is 2.07. The number of para-hydroxylation sites is 2. The molecule has 4 nitrogen and oxygen atoms in total. The summed E-state index contributed by atoms with van der Waals surface area (Å²) < 4.78 is 0. The highest BCUT2D eigenvalue weighted by atomic mass is 14.9. The lowest BCUT2D eigenvalue weighted by atomic mass is 10.1. The molecule has 3 rings (SSSR count). The van der Waals surface area contributed by atoms with Crippen LogP contribution < -0.4 is 5.32 Å². The van der Waals surface area contributed by atoms with E-state index in [4.69, 9.17) is 0 Å². The number of rotatable bonds is 3. The second-order valence-electron chi connectivity index (χ2n) is 5.29. The predicted molar refractivity (Wildman–Crippen MR) is 89.2 cm³/mol. The third kappa shape index (κ3) is 2.84. The molecule has 2 aromatic carbocycles. The molecule has 0 saturated heterocycles. The molecule has 4 heteroatoms. The first-order valence-corrected chi connectivity index (χ1v) is 7.06. The number of hydrogen-bond donors (Lipinski definition) is 2. The van der Waals surface area contributed by atoms with Crippen LogP contribution in [0.25, 0.3) is 16.6 Å². The molecule has 108 valence electrons. The number of aromatic amines is 1. The number of hydrogen-bond acceptors (Lipinski definition) is 3. The second-order valence-corrected chi connectivity index (χ2v) is 5.29. The Labute approximate surface area is 129 Å². The zero-order valence-corrected chi connectivity index (χ0v) is 12.5. The number of imidazole rings is 1. The fourth-order valence-electron chi connectivity index (χ4n) is 2.45. The number of allylic oxidation sites excluding steroid dienone is 1. The van der Waals surface area contributed by atoms with Gasteiger partial charge in [-0.1, -0.05) is 18.2 Å². The Morgan fingerprint density at radius 3 is 2.59 bits per heavy atom. The zero-order valence-electron chi connectivity index (χ0n) is 12.5. The molecular formula is C18H16N4. The lowest BCUT2D eigenvalue weighted by molar-refractivity contribution is 1.27. The fourth-order valence-corrected chi connectivity index (χ4v) is 2.45. The summed E-state index contributed by atoms with van der Waals surface area (Å²) in [5.41, 5.74) is 5.56. The van der Waals surface area contributed by atoms with E-state index in [1.165, 1.54) is 11.1 Å². The predicted octanol–water partition coefficient (Wildman–Crippen LogP) is 4.16. The minimum atomic E-state index is 0.468. The Balaban J connectivity index is 1.91. The summed E-state index contributed by atoms with van der Waals surface area (Å²) in [6.45, 7) is 4.10. The van der Waals surface area contributed by atoms with Crippen LogP contribution in [0.1, 0.15) is 17.0 Å². The van der Waals surface area contributed by atoms with Crippen LogP contribution in [0.3, 0.4) is 0 Å². The summed E-state index contributed by atoms with van der Waals surface area (Å²) in [5.74, 6) is 0.570. The van der Waals surface area contributed by atoms with Gasteiger partial charge in [0.05, 0.1) is 11.0 Å². The molecule has 0 aliphatic heterocycles. The first-order chi connectivity index (χ1) is 10.7. The van der Waals surface area contributed by atoms with Gasteiger partial charge in [0, 0.05) is 11.9 Å². The monoisotopic (exact) mass is 288 g/mol. The summed E-state index contributed by atoms with van der Waals surface area (Å²) in [6.07, 6.45) is 1.69. The van der Waals surface area contributed by atoms with Gasteiger partial charge in [-0.25, -0.2) is 4.98 Å². The Kier molecular flexibility index (Phi) is 3.63. The van der Waals surface area contributed by atoms with Crippen molar-refractivity contribution in [3.8, 4) is 6.07 Å². The molecular weight excluding hydrogens is 272 g/mol. The van der Waals surface area contributed by atoms with Gasteiger partial charge in [-0.3, -0.25) is 0 Å². The van der Waals surface area contributed by atoms with E-state index < -0.39 is 0 Å². The van der Waals surface area contributed by atoms with Crippen molar-refractivity contribution in [2.75, 3.05) is 5.32 Å². The van der Waals surface area contributed by atoms with E-state index in [1.54, 1.807) is 6.20 Å². The van der Waals surface area contributed by atoms with Crippen molar-refractivity contribution in [1.29, 1.82) is 5.26 Å². The summed E-state index contributed by atoms with van der Waals surface area (Å²) in [5, 5.41) is 12.5. The van der Waals surface area contributed by atoms with E-state index in [0.29, 0.717) is 11.4 Å². The van der Waals surface area contributed by atoms with Crippen LogP contribution >= 0.6 is 0 Å². The van der Waals surface area contributed by atoms with E-state index in [-0.39, 0.29) is 0 Å². The SMILES string of the molecule is Cc1cc(C)cc(N/C=C(\C#N)c2nc3ccccc3[nH]2)c1. The average Bonchev–Trinajstić information content (AvgIpc) is 2.90. The molecule has 0 radical (unpaired) electrons. The van der Waals surface area contributed by atoms with Crippen LogP contribution in [0.2, 0.25) is 0 Å². The molecule has 0 aliphatic rings. The number of nitriles is 1. The molecule has 1 heterocycles. The van der Waals surface area contributed by atoms with E-state index in [2.05, 4.69) is 27.4 Å². The average molecular weight is 288 g/mol. The summed E-state index contributed by atoms with van der Waals surface area (Å²) in [7, 11) is 0. The number of anilines is 1. The van der Waals surface area contributed by atoms with Gasteiger partial charge in [-0.05, 0) is 49.2 Å². The van der Waals surface area contributed by atoms with Crippen LogP contribution in [0.4, 0.5) is 5.69 Å². The standard InChI is InChI=1S/C18H16N4/c1-12-7-13(2)9-15(8-12)20-11-14(10-19)18-21-16-5-3-4-6-17(16)22-18/h3-9,11,20H,1-2H3,(H,21,22)/b14-11+. The molecule has 2 N–H and O–H groups in total.